The summed E-state index contributed by atoms with van der Waals surface area (Å²) in [7, 11) is 5.78. The number of carboxylic acids is 2. The maximum atomic E-state index is 13.2. The molecule has 1 aliphatic carbocycles. The van der Waals surface area contributed by atoms with E-state index in [4.69, 9.17) is 10.6 Å². The third-order valence-electron chi connectivity index (χ3n) is 6.04. The van der Waals surface area contributed by atoms with E-state index in [1.165, 1.54) is 22.0 Å². The molecule has 4 rings (SSSR count). The van der Waals surface area contributed by atoms with E-state index >= 15 is 0 Å². The van der Waals surface area contributed by atoms with Gasteiger partial charge in [-0.3, -0.25) is 14.5 Å². The van der Waals surface area contributed by atoms with Gasteiger partial charge in [0, 0.05) is 29.5 Å². The van der Waals surface area contributed by atoms with Crippen LogP contribution in [0.25, 0.3) is 0 Å². The van der Waals surface area contributed by atoms with E-state index in [1.54, 1.807) is 0 Å². The fourth-order valence-electron chi connectivity index (χ4n) is 4.16. The third kappa shape index (κ3) is 4.77. The number of anilines is 1. The highest BCUT2D eigenvalue weighted by atomic mass is 32.2. The first-order valence-corrected chi connectivity index (χ1v) is 13.0. The highest BCUT2D eigenvalue weighted by molar-refractivity contribution is 8.00. The SMILES string of the molecule is C[N+](C)(C)CC1=C(C(=O)O)N2C(=O)[C@@H](NC(=O)/C(=N\OC3(C(=O)O)CCC3)c3csc(N)n3)[C@H]2SC1. The number of carboxylic acid groups (broad SMARTS) is 2. The van der Waals surface area contributed by atoms with Crippen molar-refractivity contribution in [1.82, 2.24) is 15.2 Å². The molecule has 2 fully saturated rings. The van der Waals surface area contributed by atoms with Crippen LogP contribution in [0.2, 0.25) is 0 Å². The van der Waals surface area contributed by atoms with Gasteiger partial charge in [0.15, 0.2) is 10.8 Å². The number of nitrogens with one attached hydrogen (secondary N) is 1. The van der Waals surface area contributed by atoms with Gasteiger partial charge in [-0.2, -0.15) is 0 Å². The van der Waals surface area contributed by atoms with Crippen LogP contribution in [0.1, 0.15) is 25.0 Å². The number of carbonyl (C=O) groups excluding carboxylic acids is 2. The number of nitrogens with zero attached hydrogens (tertiary/aromatic N) is 4. The lowest BCUT2D eigenvalue weighted by molar-refractivity contribution is -0.865. The van der Waals surface area contributed by atoms with Gasteiger partial charge in [0.25, 0.3) is 11.8 Å². The Bertz CT molecular complexity index is 1180. The van der Waals surface area contributed by atoms with Gasteiger partial charge in [-0.05, 0) is 6.42 Å². The van der Waals surface area contributed by atoms with Crippen molar-refractivity contribution in [3.63, 3.8) is 0 Å². The number of aliphatic carboxylic acids is 2. The highest BCUT2D eigenvalue weighted by Crippen LogP contribution is 2.41. The minimum absolute atomic E-state index is 0.0554. The van der Waals surface area contributed by atoms with Crippen molar-refractivity contribution in [2.45, 2.75) is 36.3 Å². The predicted octanol–water partition coefficient (Wildman–Crippen LogP) is -0.102. The molecule has 36 heavy (non-hydrogen) atoms. The summed E-state index contributed by atoms with van der Waals surface area (Å²) in [5.41, 5.74) is 4.52. The standard InChI is InChI=1S/C21H26N6O7S2/c1-27(2,3)7-10-8-35-17-13(16(29)26(17)14(10)18(30)31)24-15(28)12(11-9-36-20(22)23-11)25-34-21(19(32)33)5-4-6-21/h9,13,17H,4-8H2,1-3H3,(H4-,22,23,24,28,30,31,32,33)/p+1/b25-12-/t13-,17-/m1/s1. The van der Waals surface area contributed by atoms with E-state index in [9.17, 15) is 29.4 Å². The van der Waals surface area contributed by atoms with Gasteiger partial charge in [0.2, 0.25) is 5.60 Å². The van der Waals surface area contributed by atoms with E-state index in [-0.39, 0.29) is 35.1 Å². The molecule has 1 aromatic rings. The lowest BCUT2D eigenvalue weighted by Gasteiger charge is -2.49. The summed E-state index contributed by atoms with van der Waals surface area (Å²) in [4.78, 5) is 60.4. The molecule has 2 aliphatic heterocycles. The van der Waals surface area contributed by atoms with Gasteiger partial charge >= 0.3 is 11.9 Å². The van der Waals surface area contributed by atoms with Gasteiger partial charge in [-0.1, -0.05) is 5.16 Å². The minimum Gasteiger partial charge on any atom is -0.478 e. The zero-order valence-corrected chi connectivity index (χ0v) is 21.5. The van der Waals surface area contributed by atoms with Crippen molar-refractivity contribution in [1.29, 1.82) is 0 Å². The Labute approximate surface area is 214 Å². The molecule has 0 radical (unpaired) electrons. The van der Waals surface area contributed by atoms with E-state index < -0.39 is 40.8 Å². The second kappa shape index (κ2) is 9.37. The smallest absolute Gasteiger partial charge is 0.352 e. The molecule has 1 aromatic heterocycles. The quantitative estimate of drug-likeness (QED) is 0.143. The Kier molecular flexibility index (Phi) is 6.74. The topological polar surface area (TPSA) is 185 Å². The molecule has 13 nitrogen and oxygen atoms in total. The van der Waals surface area contributed by atoms with Crippen LogP contribution in [0.5, 0.6) is 0 Å². The molecular formula is C21H27N6O7S2+. The van der Waals surface area contributed by atoms with Gasteiger partial charge in [-0.15, -0.1) is 23.1 Å². The zero-order valence-electron chi connectivity index (χ0n) is 19.9. The summed E-state index contributed by atoms with van der Waals surface area (Å²) in [6, 6.07) is -0.999. The van der Waals surface area contributed by atoms with Gasteiger partial charge < -0.3 is 30.6 Å². The number of carbonyl (C=O) groups is 4. The fourth-order valence-corrected chi connectivity index (χ4v) is 6.05. The molecular weight excluding hydrogens is 512 g/mol. The van der Waals surface area contributed by atoms with E-state index in [0.29, 0.717) is 28.8 Å². The fraction of sp³-hybridized carbons (Fsp3) is 0.524. The second-order valence-corrected chi connectivity index (χ2v) is 11.8. The number of β-lactam (4-membered cyclic amide) rings is 1. The maximum absolute atomic E-state index is 13.2. The van der Waals surface area contributed by atoms with Crippen molar-refractivity contribution < 1.29 is 38.7 Å². The molecule has 2 amide bonds. The van der Waals surface area contributed by atoms with Crippen LogP contribution in [0.4, 0.5) is 5.13 Å². The molecule has 1 saturated heterocycles. The number of nitrogens with two attached hydrogens (primary N) is 1. The van der Waals surface area contributed by atoms with E-state index in [2.05, 4.69) is 15.5 Å². The maximum Gasteiger partial charge on any atom is 0.352 e. The number of hydrogen-bond acceptors (Lipinski definition) is 10. The Hall–Kier alpha value is -3.17. The number of likely N-dealkylation sites (N-methyl/N-ethyl adjacent to an activating group) is 1. The largest absolute Gasteiger partial charge is 0.478 e. The number of nitrogen functional groups attached to an aromatic ring is 1. The average molecular weight is 540 g/mol. The molecule has 3 heterocycles. The first-order chi connectivity index (χ1) is 16.8. The summed E-state index contributed by atoms with van der Waals surface area (Å²) in [6.45, 7) is 0.451. The number of rotatable bonds is 9. The van der Waals surface area contributed by atoms with Crippen molar-refractivity contribution in [3.8, 4) is 0 Å². The molecule has 0 aromatic carbocycles. The number of quaternary nitrogens is 1. The molecule has 15 heteroatoms. The molecule has 5 N–H and O–H groups in total. The van der Waals surface area contributed by atoms with Crippen LogP contribution in [0.15, 0.2) is 21.8 Å². The Morgan fingerprint density at radius 1 is 1.33 bits per heavy atom. The molecule has 194 valence electrons. The third-order valence-corrected chi connectivity index (χ3v) is 8.06. The molecule has 0 spiro atoms. The first-order valence-electron chi connectivity index (χ1n) is 11.1. The summed E-state index contributed by atoms with van der Waals surface area (Å²) in [6.07, 6.45) is 1.14. The van der Waals surface area contributed by atoms with Crippen LogP contribution < -0.4 is 11.1 Å². The number of fused-ring (bicyclic) bond motifs is 1. The van der Waals surface area contributed by atoms with E-state index in [1.807, 2.05) is 21.1 Å². The number of aromatic nitrogens is 1. The van der Waals surface area contributed by atoms with Crippen molar-refractivity contribution >= 4 is 57.7 Å². The van der Waals surface area contributed by atoms with Gasteiger partial charge in [0.05, 0.1) is 21.1 Å². The van der Waals surface area contributed by atoms with Crippen LogP contribution in [-0.4, -0.2) is 105 Å². The predicted molar refractivity (Wildman–Crippen MR) is 131 cm³/mol. The lowest BCUT2D eigenvalue weighted by atomic mass is 9.80. The minimum atomic E-state index is -1.52. The van der Waals surface area contributed by atoms with Crippen LogP contribution in [0.3, 0.4) is 0 Å². The number of thioether (sulfide) groups is 1. The average Bonchev–Trinajstić information content (AvgIpc) is 3.17. The molecule has 2 atom stereocenters. The molecule has 3 aliphatic rings. The molecule has 0 bridgehead atoms. The second-order valence-electron chi connectivity index (χ2n) is 9.82. The van der Waals surface area contributed by atoms with Crippen LogP contribution >= 0.6 is 23.1 Å². The lowest BCUT2D eigenvalue weighted by Crippen LogP contribution is -2.71. The number of thiazole rings is 1. The Morgan fingerprint density at radius 2 is 2.03 bits per heavy atom. The van der Waals surface area contributed by atoms with Gasteiger partial charge in [0.1, 0.15) is 29.4 Å². The van der Waals surface area contributed by atoms with Crippen LogP contribution in [0, 0.1) is 0 Å². The molecule has 0 unspecified atom stereocenters. The normalized spacial score (nSPS) is 23.4. The van der Waals surface area contributed by atoms with Crippen molar-refractivity contribution in [2.75, 3.05) is 39.2 Å². The summed E-state index contributed by atoms with van der Waals surface area (Å²) < 4.78 is 0.494. The van der Waals surface area contributed by atoms with Crippen molar-refractivity contribution in [2.24, 2.45) is 5.16 Å². The monoisotopic (exact) mass is 539 g/mol. The van der Waals surface area contributed by atoms with Gasteiger partial charge in [-0.25, -0.2) is 14.6 Å². The number of hydrogen-bond donors (Lipinski definition) is 4. The number of amides is 2. The Morgan fingerprint density at radius 3 is 2.53 bits per heavy atom. The highest BCUT2D eigenvalue weighted by Gasteiger charge is 2.55. The summed E-state index contributed by atoms with van der Waals surface area (Å²) >= 11 is 2.42. The van der Waals surface area contributed by atoms with Crippen molar-refractivity contribution in [3.05, 3.63) is 22.3 Å². The van der Waals surface area contributed by atoms with E-state index in [0.717, 1.165) is 11.3 Å². The van der Waals surface area contributed by atoms with Crippen LogP contribution in [-0.2, 0) is 24.0 Å². The Balaban J connectivity index is 1.55. The summed E-state index contributed by atoms with van der Waals surface area (Å²) in [5, 5.41) is 26.8. The number of oxime groups is 1. The molecule has 1 saturated carbocycles. The first kappa shape index (κ1) is 25.9. The zero-order chi connectivity index (χ0) is 26.4. The summed E-state index contributed by atoms with van der Waals surface area (Å²) in [5.74, 6) is -3.36.